The third-order valence-electron chi connectivity index (χ3n) is 3.40. The highest BCUT2D eigenvalue weighted by Gasteiger charge is 2.16. The van der Waals surface area contributed by atoms with Crippen molar-refractivity contribution >= 4 is 5.91 Å². The number of rotatable bonds is 5. The van der Waals surface area contributed by atoms with Crippen molar-refractivity contribution in [2.75, 3.05) is 6.61 Å². The monoisotopic (exact) mass is 247 g/mol. The number of hydrogen-bond acceptors (Lipinski definition) is 2. The van der Waals surface area contributed by atoms with Crippen LogP contribution in [0.2, 0.25) is 0 Å². The Morgan fingerprint density at radius 2 is 2.06 bits per heavy atom. The third kappa shape index (κ3) is 3.76. The fourth-order valence-corrected chi connectivity index (χ4v) is 2.34. The summed E-state index contributed by atoms with van der Waals surface area (Å²) in [6.45, 7) is 2.46. The first kappa shape index (κ1) is 12.9. The molecule has 0 atom stereocenters. The van der Waals surface area contributed by atoms with Gasteiger partial charge in [-0.25, -0.2) is 0 Å². The average molecular weight is 247 g/mol. The van der Waals surface area contributed by atoms with Crippen LogP contribution in [0.5, 0.6) is 5.75 Å². The maximum atomic E-state index is 11.7. The van der Waals surface area contributed by atoms with Gasteiger partial charge in [0.15, 0.2) is 0 Å². The Morgan fingerprint density at radius 3 is 2.78 bits per heavy atom. The summed E-state index contributed by atoms with van der Waals surface area (Å²) in [4.78, 5) is 11.7. The minimum absolute atomic E-state index is 0.107. The van der Waals surface area contributed by atoms with E-state index in [2.05, 4.69) is 5.32 Å². The van der Waals surface area contributed by atoms with E-state index in [4.69, 9.17) is 4.74 Å². The number of nitrogens with one attached hydrogen (secondary N) is 1. The van der Waals surface area contributed by atoms with E-state index in [1.807, 2.05) is 31.2 Å². The van der Waals surface area contributed by atoms with Crippen molar-refractivity contribution in [1.82, 2.24) is 5.32 Å². The zero-order valence-electron chi connectivity index (χ0n) is 10.9. The van der Waals surface area contributed by atoms with Crippen LogP contribution >= 0.6 is 0 Å². The number of aryl methyl sites for hydroxylation is 1. The average Bonchev–Trinajstić information content (AvgIpc) is 2.84. The molecule has 1 amide bonds. The molecule has 0 saturated heterocycles. The molecule has 0 spiro atoms. The van der Waals surface area contributed by atoms with Gasteiger partial charge in [-0.05, 0) is 31.4 Å². The second-order valence-electron chi connectivity index (χ2n) is 4.91. The number of carbonyl (C=O) groups excluding carboxylic acids is 1. The largest absolute Gasteiger partial charge is 0.493 e. The fourth-order valence-electron chi connectivity index (χ4n) is 2.34. The van der Waals surface area contributed by atoms with Gasteiger partial charge in [0.25, 0.3) is 0 Å². The summed E-state index contributed by atoms with van der Waals surface area (Å²) >= 11 is 0. The van der Waals surface area contributed by atoms with E-state index in [-0.39, 0.29) is 5.91 Å². The van der Waals surface area contributed by atoms with Crippen molar-refractivity contribution in [3.8, 4) is 5.75 Å². The molecule has 1 saturated carbocycles. The zero-order chi connectivity index (χ0) is 12.8. The second kappa shape index (κ2) is 6.43. The molecule has 1 aromatic rings. The normalized spacial score (nSPS) is 15.6. The van der Waals surface area contributed by atoms with E-state index in [9.17, 15) is 4.79 Å². The highest BCUT2D eigenvalue weighted by molar-refractivity contribution is 5.76. The predicted molar refractivity (Wildman–Crippen MR) is 71.7 cm³/mol. The molecular weight excluding hydrogens is 226 g/mol. The molecule has 1 fully saturated rings. The maximum Gasteiger partial charge on any atom is 0.223 e. The number of amides is 1. The van der Waals surface area contributed by atoms with Crippen LogP contribution in [0.4, 0.5) is 0 Å². The molecule has 1 aliphatic carbocycles. The summed E-state index contributed by atoms with van der Waals surface area (Å²) in [6.07, 6.45) is 5.18. The van der Waals surface area contributed by atoms with Crippen LogP contribution in [0.1, 0.15) is 37.7 Å². The van der Waals surface area contributed by atoms with Crippen LogP contribution in [-0.4, -0.2) is 18.6 Å². The lowest BCUT2D eigenvalue weighted by atomic mass is 10.2. The van der Waals surface area contributed by atoms with Gasteiger partial charge >= 0.3 is 0 Å². The third-order valence-corrected chi connectivity index (χ3v) is 3.40. The van der Waals surface area contributed by atoms with Gasteiger partial charge in [0.05, 0.1) is 13.0 Å². The quantitative estimate of drug-likeness (QED) is 0.869. The first-order valence-corrected chi connectivity index (χ1v) is 6.73. The molecule has 2 rings (SSSR count). The molecule has 1 aliphatic rings. The Labute approximate surface area is 109 Å². The lowest BCUT2D eigenvalue weighted by Crippen LogP contribution is -2.33. The van der Waals surface area contributed by atoms with Crippen LogP contribution in [0.25, 0.3) is 0 Å². The lowest BCUT2D eigenvalue weighted by molar-refractivity contribution is -0.122. The summed E-state index contributed by atoms with van der Waals surface area (Å²) in [5.74, 6) is 0.974. The zero-order valence-corrected chi connectivity index (χ0v) is 10.9. The minimum atomic E-state index is 0.107. The smallest absolute Gasteiger partial charge is 0.223 e. The van der Waals surface area contributed by atoms with Crippen molar-refractivity contribution in [2.24, 2.45) is 0 Å². The molecule has 3 heteroatoms. The second-order valence-corrected chi connectivity index (χ2v) is 4.91. The molecule has 0 unspecified atom stereocenters. The standard InChI is InChI=1S/C15H21NO2/c1-12-6-2-5-9-14(12)18-11-10-15(17)16-13-7-3-4-8-13/h2,5-6,9,13H,3-4,7-8,10-11H2,1H3,(H,16,17). The Kier molecular flexibility index (Phi) is 4.62. The predicted octanol–water partition coefficient (Wildman–Crippen LogP) is 2.82. The first-order chi connectivity index (χ1) is 8.75. The molecular formula is C15H21NO2. The van der Waals surface area contributed by atoms with Crippen LogP contribution in [0, 0.1) is 6.92 Å². The van der Waals surface area contributed by atoms with Crippen LogP contribution in [-0.2, 0) is 4.79 Å². The van der Waals surface area contributed by atoms with Gasteiger partial charge in [-0.2, -0.15) is 0 Å². The first-order valence-electron chi connectivity index (χ1n) is 6.73. The van der Waals surface area contributed by atoms with Crippen molar-refractivity contribution in [3.63, 3.8) is 0 Å². The Balaban J connectivity index is 1.68. The molecule has 1 aromatic carbocycles. The SMILES string of the molecule is Cc1ccccc1OCCC(=O)NC1CCCC1. The van der Waals surface area contributed by atoms with E-state index in [1.54, 1.807) is 0 Å². The molecule has 0 bridgehead atoms. The lowest BCUT2D eigenvalue weighted by Gasteiger charge is -2.12. The molecule has 0 aromatic heterocycles. The highest BCUT2D eigenvalue weighted by Crippen LogP contribution is 2.18. The van der Waals surface area contributed by atoms with Gasteiger partial charge < -0.3 is 10.1 Å². The highest BCUT2D eigenvalue weighted by atomic mass is 16.5. The van der Waals surface area contributed by atoms with Gasteiger partial charge in [-0.15, -0.1) is 0 Å². The van der Waals surface area contributed by atoms with Crippen LogP contribution in [0.15, 0.2) is 24.3 Å². The molecule has 1 N–H and O–H groups in total. The number of para-hydroxylation sites is 1. The van der Waals surface area contributed by atoms with Crippen molar-refractivity contribution in [2.45, 2.75) is 45.1 Å². The molecule has 0 heterocycles. The number of carbonyl (C=O) groups is 1. The van der Waals surface area contributed by atoms with E-state index in [0.717, 1.165) is 24.2 Å². The number of benzene rings is 1. The summed E-state index contributed by atoms with van der Waals surface area (Å²) < 4.78 is 5.61. The Bertz CT molecular complexity index is 397. The van der Waals surface area contributed by atoms with Crippen molar-refractivity contribution < 1.29 is 9.53 Å². The van der Waals surface area contributed by atoms with Gasteiger partial charge in [0.1, 0.15) is 5.75 Å². The molecule has 98 valence electrons. The van der Waals surface area contributed by atoms with Crippen molar-refractivity contribution in [1.29, 1.82) is 0 Å². The van der Waals surface area contributed by atoms with Crippen LogP contribution < -0.4 is 10.1 Å². The van der Waals surface area contributed by atoms with Gasteiger partial charge in [-0.1, -0.05) is 31.0 Å². The number of ether oxygens (including phenoxy) is 1. The van der Waals surface area contributed by atoms with Crippen LogP contribution in [0.3, 0.4) is 0 Å². The molecule has 3 nitrogen and oxygen atoms in total. The topological polar surface area (TPSA) is 38.3 Å². The van der Waals surface area contributed by atoms with Gasteiger partial charge in [0.2, 0.25) is 5.91 Å². The van der Waals surface area contributed by atoms with Crippen molar-refractivity contribution in [3.05, 3.63) is 29.8 Å². The van der Waals surface area contributed by atoms with E-state index in [1.165, 1.54) is 12.8 Å². The fraction of sp³-hybridized carbons (Fsp3) is 0.533. The summed E-state index contributed by atoms with van der Waals surface area (Å²) in [7, 11) is 0. The Morgan fingerprint density at radius 1 is 1.33 bits per heavy atom. The van der Waals surface area contributed by atoms with E-state index < -0.39 is 0 Å². The molecule has 18 heavy (non-hydrogen) atoms. The summed E-state index contributed by atoms with van der Waals surface area (Å²) in [5.41, 5.74) is 1.11. The van der Waals surface area contributed by atoms with Gasteiger partial charge in [0, 0.05) is 6.04 Å². The maximum absolute atomic E-state index is 11.7. The summed E-state index contributed by atoms with van der Waals surface area (Å²) in [6, 6.07) is 8.27. The van der Waals surface area contributed by atoms with E-state index >= 15 is 0 Å². The van der Waals surface area contributed by atoms with E-state index in [0.29, 0.717) is 19.1 Å². The molecule has 0 aliphatic heterocycles. The molecule has 0 radical (unpaired) electrons. The Hall–Kier alpha value is -1.51. The number of hydrogen-bond donors (Lipinski definition) is 1. The summed E-state index contributed by atoms with van der Waals surface area (Å²) in [5, 5.41) is 3.06. The minimum Gasteiger partial charge on any atom is -0.493 e. The van der Waals surface area contributed by atoms with Gasteiger partial charge in [-0.3, -0.25) is 4.79 Å².